The van der Waals surface area contributed by atoms with Crippen molar-refractivity contribution < 1.29 is 9.53 Å². The van der Waals surface area contributed by atoms with Gasteiger partial charge in [0.2, 0.25) is 0 Å². The monoisotopic (exact) mass is 270 g/mol. The molecule has 0 aromatic carbocycles. The van der Waals surface area contributed by atoms with Crippen LogP contribution in [0.5, 0.6) is 0 Å². The van der Waals surface area contributed by atoms with Crippen LogP contribution >= 0.6 is 0 Å². The van der Waals surface area contributed by atoms with Gasteiger partial charge >= 0.3 is 6.09 Å². The molecule has 1 saturated carbocycles. The van der Waals surface area contributed by atoms with E-state index in [1.54, 1.807) is 0 Å². The second-order valence-corrected chi connectivity index (χ2v) is 7.00. The highest BCUT2D eigenvalue weighted by atomic mass is 16.6. The third kappa shape index (κ3) is 7.41. The topological polar surface area (TPSA) is 50.4 Å². The summed E-state index contributed by atoms with van der Waals surface area (Å²) in [6.45, 7) is 11.2. The van der Waals surface area contributed by atoms with Crippen LogP contribution in [0.1, 0.15) is 60.3 Å². The molecular formula is C15H30N2O2. The van der Waals surface area contributed by atoms with E-state index in [4.69, 9.17) is 4.74 Å². The number of rotatable bonds is 6. The van der Waals surface area contributed by atoms with Crippen molar-refractivity contribution in [2.24, 2.45) is 5.92 Å². The molecule has 0 heterocycles. The predicted molar refractivity (Wildman–Crippen MR) is 78.3 cm³/mol. The van der Waals surface area contributed by atoms with Crippen LogP contribution in [0, 0.1) is 5.92 Å². The lowest BCUT2D eigenvalue weighted by Crippen LogP contribution is -2.53. The smallest absolute Gasteiger partial charge is 0.407 e. The molecule has 0 spiro atoms. The lowest BCUT2D eigenvalue weighted by molar-refractivity contribution is 0.0465. The molecule has 2 N–H and O–H groups in total. The Kier molecular flexibility index (Phi) is 6.11. The summed E-state index contributed by atoms with van der Waals surface area (Å²) in [6.07, 6.45) is 4.25. The van der Waals surface area contributed by atoms with Gasteiger partial charge < -0.3 is 15.4 Å². The van der Waals surface area contributed by atoms with E-state index in [1.165, 1.54) is 12.8 Å². The molecule has 0 aromatic rings. The Bertz CT molecular complexity index is 278. The molecule has 112 valence electrons. The summed E-state index contributed by atoms with van der Waals surface area (Å²) in [5.74, 6) is 0.782. The summed E-state index contributed by atoms with van der Waals surface area (Å²) in [4.78, 5) is 11.6. The van der Waals surface area contributed by atoms with E-state index in [0.29, 0.717) is 6.04 Å². The highest BCUT2D eigenvalue weighted by Gasteiger charge is 2.30. The van der Waals surface area contributed by atoms with E-state index < -0.39 is 5.60 Å². The molecule has 0 aromatic heterocycles. The SMILES string of the molecule is CC(C)CCCNC1CC(NC(=O)OC(C)(C)C)C1. The number of nitrogens with one attached hydrogen (secondary N) is 2. The second-order valence-electron chi connectivity index (χ2n) is 7.00. The molecule has 4 heteroatoms. The lowest BCUT2D eigenvalue weighted by atomic mass is 9.87. The van der Waals surface area contributed by atoms with Gasteiger partial charge in [-0.1, -0.05) is 13.8 Å². The summed E-state index contributed by atoms with van der Waals surface area (Å²) in [6, 6.07) is 0.838. The fourth-order valence-electron chi connectivity index (χ4n) is 2.19. The van der Waals surface area contributed by atoms with Crippen LogP contribution in [0.2, 0.25) is 0 Å². The summed E-state index contributed by atoms with van der Waals surface area (Å²) >= 11 is 0. The summed E-state index contributed by atoms with van der Waals surface area (Å²) in [7, 11) is 0. The maximum absolute atomic E-state index is 11.6. The number of carbonyl (C=O) groups is 1. The van der Waals surface area contributed by atoms with E-state index in [2.05, 4.69) is 24.5 Å². The van der Waals surface area contributed by atoms with E-state index >= 15 is 0 Å². The molecule has 0 radical (unpaired) electrons. The van der Waals surface area contributed by atoms with Gasteiger partial charge in [0.05, 0.1) is 0 Å². The summed E-state index contributed by atoms with van der Waals surface area (Å²) in [5, 5.41) is 6.44. The molecule has 19 heavy (non-hydrogen) atoms. The third-order valence-corrected chi connectivity index (χ3v) is 3.25. The Morgan fingerprint density at radius 1 is 1.26 bits per heavy atom. The van der Waals surface area contributed by atoms with Crippen molar-refractivity contribution in [3.05, 3.63) is 0 Å². The van der Waals surface area contributed by atoms with Crippen molar-refractivity contribution in [1.29, 1.82) is 0 Å². The molecule has 0 atom stereocenters. The Labute approximate surface area is 117 Å². The Hall–Kier alpha value is -0.770. The zero-order valence-electron chi connectivity index (χ0n) is 13.1. The third-order valence-electron chi connectivity index (χ3n) is 3.25. The van der Waals surface area contributed by atoms with Gasteiger partial charge in [-0.2, -0.15) is 0 Å². The molecule has 1 aliphatic carbocycles. The fraction of sp³-hybridized carbons (Fsp3) is 0.933. The molecule has 1 fully saturated rings. The van der Waals surface area contributed by atoms with Crippen molar-refractivity contribution in [2.45, 2.75) is 78.0 Å². The normalized spacial score (nSPS) is 23.1. The van der Waals surface area contributed by atoms with Crippen molar-refractivity contribution >= 4 is 6.09 Å². The highest BCUT2D eigenvalue weighted by Crippen LogP contribution is 2.20. The van der Waals surface area contributed by atoms with Gasteiger partial charge in [-0.25, -0.2) is 4.79 Å². The number of ether oxygens (including phenoxy) is 1. The fourth-order valence-corrected chi connectivity index (χ4v) is 2.19. The van der Waals surface area contributed by atoms with Gasteiger partial charge in [0.15, 0.2) is 0 Å². The molecule has 0 unspecified atom stereocenters. The Morgan fingerprint density at radius 3 is 2.42 bits per heavy atom. The van der Waals surface area contributed by atoms with Crippen molar-refractivity contribution in [1.82, 2.24) is 10.6 Å². The average Bonchev–Trinajstić information content (AvgIpc) is 2.16. The Morgan fingerprint density at radius 2 is 1.89 bits per heavy atom. The highest BCUT2D eigenvalue weighted by molar-refractivity contribution is 5.68. The van der Waals surface area contributed by atoms with Crippen LogP contribution in [0.15, 0.2) is 0 Å². The molecule has 0 aliphatic heterocycles. The van der Waals surface area contributed by atoms with Gasteiger partial charge in [-0.15, -0.1) is 0 Å². The molecule has 1 aliphatic rings. The first-order chi connectivity index (χ1) is 8.76. The average molecular weight is 270 g/mol. The Balaban J connectivity index is 2.02. The van der Waals surface area contributed by atoms with Gasteiger partial charge in [-0.3, -0.25) is 0 Å². The van der Waals surface area contributed by atoms with Crippen LogP contribution in [-0.4, -0.2) is 30.3 Å². The van der Waals surface area contributed by atoms with Gasteiger partial charge in [0, 0.05) is 12.1 Å². The number of hydrogen-bond donors (Lipinski definition) is 2. The van der Waals surface area contributed by atoms with Crippen molar-refractivity contribution in [2.75, 3.05) is 6.54 Å². The zero-order chi connectivity index (χ0) is 14.5. The van der Waals surface area contributed by atoms with Gasteiger partial charge in [0.25, 0.3) is 0 Å². The van der Waals surface area contributed by atoms with Crippen LogP contribution < -0.4 is 10.6 Å². The van der Waals surface area contributed by atoms with Crippen LogP contribution in [0.4, 0.5) is 4.79 Å². The minimum atomic E-state index is -0.414. The standard InChI is InChI=1S/C15H30N2O2/c1-11(2)7-6-8-16-12-9-13(10-12)17-14(18)19-15(3,4)5/h11-13,16H,6-10H2,1-5H3,(H,17,18). The molecule has 4 nitrogen and oxygen atoms in total. The van der Waals surface area contributed by atoms with Gasteiger partial charge in [0.1, 0.15) is 5.60 Å². The van der Waals surface area contributed by atoms with E-state index in [9.17, 15) is 4.79 Å². The lowest BCUT2D eigenvalue weighted by Gasteiger charge is -2.36. The first-order valence-corrected chi connectivity index (χ1v) is 7.49. The minimum Gasteiger partial charge on any atom is -0.444 e. The second kappa shape index (κ2) is 7.13. The maximum Gasteiger partial charge on any atom is 0.407 e. The van der Waals surface area contributed by atoms with Crippen LogP contribution in [-0.2, 0) is 4.74 Å². The molecule has 0 saturated heterocycles. The number of amides is 1. The molecular weight excluding hydrogens is 240 g/mol. The largest absolute Gasteiger partial charge is 0.444 e. The maximum atomic E-state index is 11.6. The quantitative estimate of drug-likeness (QED) is 0.729. The van der Waals surface area contributed by atoms with Crippen LogP contribution in [0.25, 0.3) is 0 Å². The minimum absolute atomic E-state index is 0.275. The van der Waals surface area contributed by atoms with Gasteiger partial charge in [-0.05, 0) is 58.9 Å². The summed E-state index contributed by atoms with van der Waals surface area (Å²) in [5.41, 5.74) is -0.414. The predicted octanol–water partition coefficient (Wildman–Crippen LogP) is 3.07. The zero-order valence-corrected chi connectivity index (χ0v) is 13.1. The molecule has 1 amide bonds. The number of hydrogen-bond acceptors (Lipinski definition) is 3. The number of alkyl carbamates (subject to hydrolysis) is 1. The van der Waals surface area contributed by atoms with E-state index in [1.807, 2.05) is 20.8 Å². The van der Waals surface area contributed by atoms with Crippen molar-refractivity contribution in [3.63, 3.8) is 0 Å². The van der Waals surface area contributed by atoms with E-state index in [0.717, 1.165) is 25.3 Å². The van der Waals surface area contributed by atoms with E-state index in [-0.39, 0.29) is 12.1 Å². The first kappa shape index (κ1) is 16.3. The molecule has 0 bridgehead atoms. The van der Waals surface area contributed by atoms with Crippen molar-refractivity contribution in [3.8, 4) is 0 Å². The number of carbonyl (C=O) groups excluding carboxylic acids is 1. The summed E-state index contributed by atoms with van der Waals surface area (Å²) < 4.78 is 5.23. The molecule has 1 rings (SSSR count). The van der Waals surface area contributed by atoms with Crippen LogP contribution in [0.3, 0.4) is 0 Å². The first-order valence-electron chi connectivity index (χ1n) is 7.49.